The summed E-state index contributed by atoms with van der Waals surface area (Å²) < 4.78 is 1.24. The summed E-state index contributed by atoms with van der Waals surface area (Å²) in [5.41, 5.74) is 0. The molecule has 0 fully saturated rings. The van der Waals surface area contributed by atoms with Crippen LogP contribution in [0.4, 0.5) is 0 Å². The van der Waals surface area contributed by atoms with Crippen molar-refractivity contribution in [2.75, 3.05) is 0 Å². The third kappa shape index (κ3) is 6.03. The lowest BCUT2D eigenvalue weighted by Crippen LogP contribution is -2.31. The number of nitrogens with one attached hydrogen (secondary N) is 1. The Morgan fingerprint density at radius 1 is 1.18 bits per heavy atom. The Labute approximate surface area is 118 Å². The number of hydrogen-bond acceptors (Lipinski definition) is 2. The van der Waals surface area contributed by atoms with Gasteiger partial charge in [0.15, 0.2) is 0 Å². The summed E-state index contributed by atoms with van der Waals surface area (Å²) in [5, 5.41) is 5.85. The second kappa shape index (κ2) is 7.55. The molecule has 0 aliphatic carbocycles. The second-order valence-electron chi connectivity index (χ2n) is 5.53. The zero-order valence-electron chi connectivity index (χ0n) is 11.3. The van der Waals surface area contributed by atoms with Gasteiger partial charge in [0.25, 0.3) is 0 Å². The minimum Gasteiger partial charge on any atom is -0.309 e. The largest absolute Gasteiger partial charge is 0.309 e. The molecule has 1 N–H and O–H groups in total. The molecule has 0 amide bonds. The van der Waals surface area contributed by atoms with Crippen LogP contribution in [-0.2, 0) is 6.54 Å². The molecule has 1 aromatic heterocycles. The number of halogens is 1. The van der Waals surface area contributed by atoms with E-state index in [-0.39, 0.29) is 0 Å². The lowest BCUT2D eigenvalue weighted by Gasteiger charge is -2.22. The number of hydrogen-bond donors (Lipinski definition) is 1. The molecule has 1 aromatic rings. The van der Waals surface area contributed by atoms with Crippen LogP contribution in [0.2, 0.25) is 0 Å². The van der Waals surface area contributed by atoms with Crippen molar-refractivity contribution >= 4 is 27.3 Å². The van der Waals surface area contributed by atoms with Crippen molar-refractivity contribution in [2.45, 2.75) is 53.1 Å². The highest BCUT2D eigenvalue weighted by molar-refractivity contribution is 9.10. The Hall–Kier alpha value is 0.140. The third-order valence-electron chi connectivity index (χ3n) is 2.75. The molecule has 1 heterocycles. The lowest BCUT2D eigenvalue weighted by atomic mass is 9.95. The molecule has 0 radical (unpaired) electrons. The van der Waals surface area contributed by atoms with Gasteiger partial charge >= 0.3 is 0 Å². The van der Waals surface area contributed by atoms with E-state index in [0.717, 1.165) is 18.4 Å². The Bertz CT molecular complexity index is 310. The molecule has 17 heavy (non-hydrogen) atoms. The molecule has 1 rings (SSSR count). The molecule has 0 saturated carbocycles. The first-order chi connectivity index (χ1) is 7.99. The quantitative estimate of drug-likeness (QED) is 0.741. The monoisotopic (exact) mass is 317 g/mol. The topological polar surface area (TPSA) is 12.0 Å². The molecule has 0 unspecified atom stereocenters. The van der Waals surface area contributed by atoms with Crippen molar-refractivity contribution in [3.8, 4) is 0 Å². The minimum atomic E-state index is 0.643. The normalized spacial score (nSPS) is 12.0. The second-order valence-corrected chi connectivity index (χ2v) is 7.38. The number of rotatable bonds is 7. The maximum Gasteiger partial charge on any atom is 0.0327 e. The van der Waals surface area contributed by atoms with E-state index in [1.165, 1.54) is 22.2 Å². The molecule has 0 bridgehead atoms. The molecule has 98 valence electrons. The van der Waals surface area contributed by atoms with Crippen LogP contribution >= 0.6 is 27.3 Å². The van der Waals surface area contributed by atoms with Crippen LogP contribution in [0.25, 0.3) is 0 Å². The lowest BCUT2D eigenvalue weighted by molar-refractivity contribution is 0.359. The molecule has 0 aliphatic heterocycles. The van der Waals surface area contributed by atoms with Crippen molar-refractivity contribution in [3.05, 3.63) is 20.8 Å². The Balaban J connectivity index is 2.45. The van der Waals surface area contributed by atoms with Gasteiger partial charge in [-0.05, 0) is 52.1 Å². The summed E-state index contributed by atoms with van der Waals surface area (Å²) in [7, 11) is 0. The number of thiophene rings is 1. The van der Waals surface area contributed by atoms with E-state index in [2.05, 4.69) is 60.4 Å². The average Bonchev–Trinajstić information content (AvgIpc) is 2.59. The van der Waals surface area contributed by atoms with Crippen molar-refractivity contribution in [1.82, 2.24) is 5.32 Å². The summed E-state index contributed by atoms with van der Waals surface area (Å²) in [5.74, 6) is 1.52. The highest BCUT2D eigenvalue weighted by Crippen LogP contribution is 2.23. The van der Waals surface area contributed by atoms with E-state index >= 15 is 0 Å². The first-order valence-electron chi connectivity index (χ1n) is 6.44. The Morgan fingerprint density at radius 3 is 2.18 bits per heavy atom. The van der Waals surface area contributed by atoms with Crippen LogP contribution in [0.3, 0.4) is 0 Å². The van der Waals surface area contributed by atoms with E-state index < -0.39 is 0 Å². The molecule has 0 atom stereocenters. The van der Waals surface area contributed by atoms with Gasteiger partial charge < -0.3 is 5.32 Å². The summed E-state index contributed by atoms with van der Waals surface area (Å²) in [4.78, 5) is 1.41. The van der Waals surface area contributed by atoms with Gasteiger partial charge in [-0.15, -0.1) is 11.3 Å². The standard InChI is InChI=1S/C14H24BrNS/c1-10(2)7-12(8-11(3)4)16-9-14-13(15)5-6-17-14/h5-6,10-12,16H,7-9H2,1-4H3. The zero-order valence-corrected chi connectivity index (χ0v) is 13.7. The predicted octanol–water partition coefficient (Wildman–Crippen LogP) is 5.06. The molecule has 0 spiro atoms. The van der Waals surface area contributed by atoms with Crippen LogP contribution < -0.4 is 5.32 Å². The smallest absolute Gasteiger partial charge is 0.0327 e. The van der Waals surface area contributed by atoms with Gasteiger partial charge in [-0.3, -0.25) is 0 Å². The maximum absolute atomic E-state index is 3.71. The minimum absolute atomic E-state index is 0.643. The molecular weight excluding hydrogens is 294 g/mol. The first kappa shape index (κ1) is 15.2. The van der Waals surface area contributed by atoms with Gasteiger partial charge in [0.1, 0.15) is 0 Å². The summed E-state index contributed by atoms with van der Waals surface area (Å²) >= 11 is 5.41. The van der Waals surface area contributed by atoms with Gasteiger partial charge in [0.05, 0.1) is 0 Å². The van der Waals surface area contributed by atoms with E-state index in [1.54, 1.807) is 0 Å². The fourth-order valence-electron chi connectivity index (χ4n) is 2.09. The first-order valence-corrected chi connectivity index (χ1v) is 8.11. The molecular formula is C14H24BrNS. The van der Waals surface area contributed by atoms with Gasteiger partial charge in [-0.2, -0.15) is 0 Å². The highest BCUT2D eigenvalue weighted by Gasteiger charge is 2.13. The average molecular weight is 318 g/mol. The molecule has 0 saturated heterocycles. The van der Waals surface area contributed by atoms with Gasteiger partial charge in [-0.25, -0.2) is 0 Å². The highest BCUT2D eigenvalue weighted by atomic mass is 79.9. The Kier molecular flexibility index (Phi) is 6.75. The van der Waals surface area contributed by atoms with Gasteiger partial charge in [-0.1, -0.05) is 27.7 Å². The van der Waals surface area contributed by atoms with E-state index in [0.29, 0.717) is 6.04 Å². The van der Waals surface area contributed by atoms with Crippen LogP contribution in [0, 0.1) is 11.8 Å². The van der Waals surface area contributed by atoms with Crippen molar-refractivity contribution in [2.24, 2.45) is 11.8 Å². The van der Waals surface area contributed by atoms with Gasteiger partial charge in [0, 0.05) is 21.9 Å². The summed E-state index contributed by atoms with van der Waals surface area (Å²) in [6.07, 6.45) is 2.53. The van der Waals surface area contributed by atoms with Crippen molar-refractivity contribution in [3.63, 3.8) is 0 Å². The van der Waals surface area contributed by atoms with Crippen LogP contribution in [-0.4, -0.2) is 6.04 Å². The van der Waals surface area contributed by atoms with Crippen LogP contribution in [0.1, 0.15) is 45.4 Å². The van der Waals surface area contributed by atoms with E-state index in [9.17, 15) is 0 Å². The fraction of sp³-hybridized carbons (Fsp3) is 0.714. The van der Waals surface area contributed by atoms with Crippen molar-refractivity contribution < 1.29 is 0 Å². The predicted molar refractivity (Wildman–Crippen MR) is 81.6 cm³/mol. The SMILES string of the molecule is CC(C)CC(CC(C)C)NCc1sccc1Br. The van der Waals surface area contributed by atoms with Crippen molar-refractivity contribution in [1.29, 1.82) is 0 Å². The van der Waals surface area contributed by atoms with Crippen LogP contribution in [0.15, 0.2) is 15.9 Å². The van der Waals surface area contributed by atoms with E-state index in [4.69, 9.17) is 0 Å². The Morgan fingerprint density at radius 2 is 1.76 bits per heavy atom. The molecule has 0 aromatic carbocycles. The summed E-state index contributed by atoms with van der Waals surface area (Å²) in [6.45, 7) is 10.2. The van der Waals surface area contributed by atoms with E-state index in [1.807, 2.05) is 11.3 Å². The third-order valence-corrected chi connectivity index (χ3v) is 4.68. The molecule has 0 aliphatic rings. The molecule has 1 nitrogen and oxygen atoms in total. The van der Waals surface area contributed by atoms with Crippen LogP contribution in [0.5, 0.6) is 0 Å². The molecule has 3 heteroatoms. The summed E-state index contributed by atoms with van der Waals surface area (Å²) in [6, 6.07) is 2.77. The fourth-order valence-corrected chi connectivity index (χ4v) is 3.53. The zero-order chi connectivity index (χ0) is 12.8. The van der Waals surface area contributed by atoms with Gasteiger partial charge in [0.2, 0.25) is 0 Å². The maximum atomic E-state index is 3.71.